The number of aromatic nitrogens is 4. The van der Waals surface area contributed by atoms with Crippen LogP contribution in [0.4, 0.5) is 17.3 Å². The van der Waals surface area contributed by atoms with Gasteiger partial charge >= 0.3 is 0 Å². The molecule has 7 rings (SSSR count). The summed E-state index contributed by atoms with van der Waals surface area (Å²) < 4.78 is 6.19. The van der Waals surface area contributed by atoms with Crippen LogP contribution in [0.15, 0.2) is 42.6 Å². The zero-order chi connectivity index (χ0) is 27.3. The van der Waals surface area contributed by atoms with Crippen molar-refractivity contribution >= 4 is 17.3 Å². The highest BCUT2D eigenvalue weighted by atomic mass is 16.5. The molecule has 0 amide bonds. The lowest BCUT2D eigenvalue weighted by Gasteiger charge is -2.50. The lowest BCUT2D eigenvalue weighted by molar-refractivity contribution is -0.174. The summed E-state index contributed by atoms with van der Waals surface area (Å²) in [6, 6.07) is 12.5. The van der Waals surface area contributed by atoms with E-state index >= 15 is 0 Å². The predicted molar refractivity (Wildman–Crippen MR) is 153 cm³/mol. The molecular formula is C30H34N8O2. The van der Waals surface area contributed by atoms with Gasteiger partial charge in [-0.05, 0) is 56.4 Å². The van der Waals surface area contributed by atoms with Gasteiger partial charge in [-0.25, -0.2) is 9.97 Å². The van der Waals surface area contributed by atoms with Crippen LogP contribution < -0.4 is 15.5 Å². The van der Waals surface area contributed by atoms with Crippen LogP contribution in [0.1, 0.15) is 44.9 Å². The Morgan fingerprint density at radius 1 is 1.10 bits per heavy atom. The molecule has 10 heteroatoms. The van der Waals surface area contributed by atoms with Gasteiger partial charge in [-0.1, -0.05) is 18.1 Å². The van der Waals surface area contributed by atoms with E-state index < -0.39 is 0 Å². The number of phenols is 1. The quantitative estimate of drug-likeness (QED) is 0.480. The van der Waals surface area contributed by atoms with Crippen molar-refractivity contribution < 1.29 is 9.84 Å². The number of benzene rings is 1. The van der Waals surface area contributed by atoms with Crippen molar-refractivity contribution in [1.82, 2.24) is 25.1 Å². The van der Waals surface area contributed by atoms with E-state index in [0.29, 0.717) is 41.4 Å². The molecule has 0 bridgehead atoms. The van der Waals surface area contributed by atoms with Crippen molar-refractivity contribution in [1.29, 1.82) is 0 Å². The van der Waals surface area contributed by atoms with Crippen LogP contribution in [0.3, 0.4) is 0 Å². The fourth-order valence-corrected chi connectivity index (χ4v) is 6.89. The van der Waals surface area contributed by atoms with Gasteiger partial charge in [0.25, 0.3) is 0 Å². The Kier molecular flexibility index (Phi) is 6.21. The Labute approximate surface area is 234 Å². The molecule has 3 aromatic rings. The fourth-order valence-electron chi connectivity index (χ4n) is 6.89. The first-order chi connectivity index (χ1) is 19.5. The molecule has 1 unspecified atom stereocenters. The standard InChI is InChI=1S/C30H34N8O2/c1-20-11-14-36(25-17-24(34-35-29(25)31)23-5-2-3-6-26(23)39)15-16-37(20)28-10-13-32-27(33-28)7-4-12-30-18-21-8-9-22(19-40-30)38(21)30/h2-3,5-6,10,13,17,20-22,39H,8-9,11-12,14-16,18-19H2,1H3,(H2,31,35)/t20-,21+,22-,30?/m1/s1. The molecule has 206 valence electrons. The molecule has 0 radical (unpaired) electrons. The number of hydrogen-bond acceptors (Lipinski definition) is 10. The number of rotatable bonds is 4. The maximum Gasteiger partial charge on any atom is 0.206 e. The molecule has 2 aromatic heterocycles. The van der Waals surface area contributed by atoms with Gasteiger partial charge in [-0.15, -0.1) is 10.2 Å². The molecule has 4 aliphatic rings. The average molecular weight is 539 g/mol. The average Bonchev–Trinajstić information content (AvgIpc) is 3.34. The third-order valence-corrected chi connectivity index (χ3v) is 8.97. The van der Waals surface area contributed by atoms with Crippen molar-refractivity contribution in [3.8, 4) is 28.8 Å². The van der Waals surface area contributed by atoms with E-state index in [0.717, 1.165) is 50.6 Å². The second kappa shape index (κ2) is 9.91. The first-order valence-electron chi connectivity index (χ1n) is 14.2. The zero-order valence-corrected chi connectivity index (χ0v) is 22.7. The van der Waals surface area contributed by atoms with Gasteiger partial charge in [-0.3, -0.25) is 4.90 Å². The van der Waals surface area contributed by atoms with Crippen LogP contribution >= 0.6 is 0 Å². The van der Waals surface area contributed by atoms with E-state index in [-0.39, 0.29) is 17.5 Å². The molecule has 0 aliphatic carbocycles. The maximum atomic E-state index is 10.3. The number of anilines is 3. The number of ether oxygens (including phenoxy) is 1. The molecule has 6 heterocycles. The highest BCUT2D eigenvalue weighted by molar-refractivity contribution is 5.74. The second-order valence-corrected chi connectivity index (χ2v) is 11.3. The van der Waals surface area contributed by atoms with Crippen molar-refractivity contribution in [3.63, 3.8) is 0 Å². The van der Waals surface area contributed by atoms with Gasteiger partial charge in [0.05, 0.1) is 24.4 Å². The maximum absolute atomic E-state index is 10.3. The van der Waals surface area contributed by atoms with Gasteiger partial charge in [0.2, 0.25) is 5.82 Å². The Morgan fingerprint density at radius 3 is 2.88 bits per heavy atom. The van der Waals surface area contributed by atoms with Crippen molar-refractivity contribution in [2.75, 3.05) is 41.8 Å². The Bertz CT molecular complexity index is 1490. The molecule has 0 spiro atoms. The number of aromatic hydroxyl groups is 1. The fraction of sp³-hybridized carbons (Fsp3) is 0.467. The topological polar surface area (TPSA) is 117 Å². The summed E-state index contributed by atoms with van der Waals surface area (Å²) in [7, 11) is 0. The predicted octanol–water partition coefficient (Wildman–Crippen LogP) is 3.03. The summed E-state index contributed by atoms with van der Waals surface area (Å²) in [4.78, 5) is 16.4. The van der Waals surface area contributed by atoms with E-state index in [2.05, 4.69) is 48.6 Å². The smallest absolute Gasteiger partial charge is 0.206 e. The molecule has 4 fully saturated rings. The molecule has 3 N–H and O–H groups in total. The third-order valence-electron chi connectivity index (χ3n) is 8.97. The van der Waals surface area contributed by atoms with Gasteiger partial charge < -0.3 is 25.4 Å². The normalized spacial score (nSPS) is 27.5. The molecular weight excluding hydrogens is 504 g/mol. The number of nitrogens with zero attached hydrogens (tertiary/aromatic N) is 7. The van der Waals surface area contributed by atoms with E-state index in [9.17, 15) is 5.11 Å². The number of nitrogens with two attached hydrogens (primary N) is 1. The number of phenolic OH excluding ortho intramolecular Hbond substituents is 1. The van der Waals surface area contributed by atoms with Crippen LogP contribution in [0.5, 0.6) is 5.75 Å². The minimum atomic E-state index is -0.179. The summed E-state index contributed by atoms with van der Waals surface area (Å²) >= 11 is 0. The monoisotopic (exact) mass is 538 g/mol. The summed E-state index contributed by atoms with van der Waals surface area (Å²) in [6.07, 6.45) is 7.04. The van der Waals surface area contributed by atoms with E-state index in [1.807, 2.05) is 24.3 Å². The van der Waals surface area contributed by atoms with Gasteiger partial charge in [0.15, 0.2) is 5.82 Å². The van der Waals surface area contributed by atoms with Gasteiger partial charge in [-0.2, -0.15) is 0 Å². The third kappa shape index (κ3) is 4.30. The second-order valence-electron chi connectivity index (χ2n) is 11.3. The van der Waals surface area contributed by atoms with Crippen LogP contribution in [0.25, 0.3) is 11.3 Å². The molecule has 1 aromatic carbocycles. The summed E-state index contributed by atoms with van der Waals surface area (Å²) in [5, 5.41) is 18.7. The van der Waals surface area contributed by atoms with Gasteiger partial charge in [0.1, 0.15) is 17.3 Å². The van der Waals surface area contributed by atoms with E-state index in [1.54, 1.807) is 18.3 Å². The summed E-state index contributed by atoms with van der Waals surface area (Å²) in [5.41, 5.74) is 8.15. The SMILES string of the molecule is C[C@@H]1CCN(c2cc(-c3ccccc3O)nnc2N)CCN1c1ccnc(C#CCC23C[C@@H]4CC[C@H](CO2)N43)n1. The van der Waals surface area contributed by atoms with E-state index in [1.165, 1.54) is 12.8 Å². The molecule has 40 heavy (non-hydrogen) atoms. The van der Waals surface area contributed by atoms with Crippen molar-refractivity contribution in [3.05, 3.63) is 48.4 Å². The van der Waals surface area contributed by atoms with Crippen LogP contribution in [-0.4, -0.2) is 80.3 Å². The van der Waals surface area contributed by atoms with Crippen molar-refractivity contribution in [2.24, 2.45) is 0 Å². The van der Waals surface area contributed by atoms with Crippen LogP contribution in [-0.2, 0) is 4.74 Å². The Balaban J connectivity index is 1.06. The minimum Gasteiger partial charge on any atom is -0.507 e. The molecule has 4 atom stereocenters. The minimum absolute atomic E-state index is 0.165. The number of nitrogen functional groups attached to an aromatic ring is 1. The van der Waals surface area contributed by atoms with Crippen LogP contribution in [0, 0.1) is 11.8 Å². The lowest BCUT2D eigenvalue weighted by atomic mass is 9.88. The van der Waals surface area contributed by atoms with Gasteiger partial charge in [0, 0.05) is 55.9 Å². The molecule has 4 aliphatic heterocycles. The summed E-state index contributed by atoms with van der Waals surface area (Å²) in [6.45, 7) is 5.36. The summed E-state index contributed by atoms with van der Waals surface area (Å²) in [5.74, 6) is 8.51. The molecule has 4 saturated heterocycles. The number of hydrogen-bond donors (Lipinski definition) is 2. The highest BCUT2D eigenvalue weighted by Gasteiger charge is 2.62. The van der Waals surface area contributed by atoms with E-state index in [4.69, 9.17) is 15.5 Å². The van der Waals surface area contributed by atoms with Crippen molar-refractivity contribution in [2.45, 2.75) is 62.9 Å². The molecule has 10 nitrogen and oxygen atoms in total. The largest absolute Gasteiger partial charge is 0.507 e. The highest BCUT2D eigenvalue weighted by Crippen LogP contribution is 2.52. The van der Waals surface area contributed by atoms with Crippen LogP contribution in [0.2, 0.25) is 0 Å². The first kappa shape index (κ1) is 25.1. The Hall–Kier alpha value is -3.94. The lowest BCUT2D eigenvalue weighted by Crippen LogP contribution is -2.61. The zero-order valence-electron chi connectivity index (χ0n) is 22.7. The first-order valence-corrected chi connectivity index (χ1v) is 14.2. The Morgan fingerprint density at radius 2 is 1.98 bits per heavy atom. The molecule has 0 saturated carbocycles. The number of para-hydroxylation sites is 1.